The van der Waals surface area contributed by atoms with Gasteiger partial charge in [-0.05, 0) is 29.4 Å². The van der Waals surface area contributed by atoms with E-state index in [1.165, 1.54) is 0 Å². The molecule has 0 spiro atoms. The Balaban J connectivity index is 3.00. The van der Waals surface area contributed by atoms with Crippen molar-refractivity contribution in [2.45, 2.75) is 0 Å². The van der Waals surface area contributed by atoms with Crippen molar-refractivity contribution in [3.8, 4) is 0 Å². The van der Waals surface area contributed by atoms with Gasteiger partial charge in [-0.2, -0.15) is 5.53 Å². The monoisotopic (exact) mass is 149 g/mol. The topological polar surface area (TPSA) is 87.8 Å². The van der Waals surface area contributed by atoms with Crippen molar-refractivity contribution < 1.29 is 5.53 Å². The molecular weight excluding hydrogens is 140 g/mol. The van der Waals surface area contributed by atoms with Crippen molar-refractivity contribution in [1.82, 2.24) is 0 Å². The molecule has 1 aromatic carbocycles. The normalized spacial score (nSPS) is 9.09. The lowest BCUT2D eigenvalue weighted by atomic mass is 10.2. The van der Waals surface area contributed by atoms with Gasteiger partial charge in [-0.15, -0.1) is 0 Å². The van der Waals surface area contributed by atoms with Crippen LogP contribution in [-0.4, -0.2) is 5.84 Å². The molecule has 0 amide bonds. The number of nitrogens with one attached hydrogen (secondary N) is 1. The van der Waals surface area contributed by atoms with E-state index in [0.29, 0.717) is 11.3 Å². The summed E-state index contributed by atoms with van der Waals surface area (Å²) in [6.07, 6.45) is 0. The minimum absolute atomic E-state index is 0.0496. The van der Waals surface area contributed by atoms with Gasteiger partial charge >= 0.3 is 0 Å². The van der Waals surface area contributed by atoms with Crippen LogP contribution < -0.4 is 11.3 Å². The van der Waals surface area contributed by atoms with Gasteiger partial charge in [0.05, 0.1) is 0 Å². The smallest absolute Gasteiger partial charge is 0.129 e. The van der Waals surface area contributed by atoms with Crippen molar-refractivity contribution in [3.63, 3.8) is 0 Å². The quantitative estimate of drug-likeness (QED) is 0.304. The number of nitrogens with zero attached hydrogens (tertiary/aromatic N) is 1. The van der Waals surface area contributed by atoms with Crippen LogP contribution in [0.2, 0.25) is 0 Å². The summed E-state index contributed by atoms with van der Waals surface area (Å²) < 4.78 is 0. The van der Waals surface area contributed by atoms with E-state index in [0.717, 1.165) is 0 Å². The zero-order valence-electron chi connectivity index (χ0n) is 5.91. The van der Waals surface area contributed by atoms with Crippen LogP contribution in [-0.2, 0) is 0 Å². The predicted octanol–water partition coefficient (Wildman–Crippen LogP) is -0.187. The van der Waals surface area contributed by atoms with Crippen LogP contribution in [0.3, 0.4) is 0 Å². The van der Waals surface area contributed by atoms with E-state index < -0.39 is 0 Å². The lowest BCUT2D eigenvalue weighted by Crippen LogP contribution is -2.21. The summed E-state index contributed by atoms with van der Waals surface area (Å²) >= 11 is 0. The third-order valence-corrected chi connectivity index (χ3v) is 1.33. The first-order chi connectivity index (χ1) is 5.24. The van der Waals surface area contributed by atoms with Crippen LogP contribution in [0.5, 0.6) is 0 Å². The molecule has 0 unspecified atom stereocenters. The SMILES string of the molecule is N=C(N)c1ccc(N=[NH2+])cc1. The Morgan fingerprint density at radius 2 is 1.91 bits per heavy atom. The van der Waals surface area contributed by atoms with E-state index in [-0.39, 0.29) is 5.84 Å². The van der Waals surface area contributed by atoms with Crippen molar-refractivity contribution >= 4 is 11.5 Å². The first-order valence-corrected chi connectivity index (χ1v) is 3.09. The number of nitrogen functional groups attached to an aromatic ring is 1. The van der Waals surface area contributed by atoms with Crippen LogP contribution in [0, 0.1) is 5.41 Å². The third-order valence-electron chi connectivity index (χ3n) is 1.33. The summed E-state index contributed by atoms with van der Waals surface area (Å²) in [6.45, 7) is 0. The van der Waals surface area contributed by atoms with Gasteiger partial charge in [0, 0.05) is 5.56 Å². The molecule has 0 heterocycles. The summed E-state index contributed by atoms with van der Waals surface area (Å²) in [7, 11) is 0. The highest BCUT2D eigenvalue weighted by Gasteiger charge is 1.95. The van der Waals surface area contributed by atoms with E-state index in [9.17, 15) is 0 Å². The van der Waals surface area contributed by atoms with E-state index in [4.69, 9.17) is 16.7 Å². The van der Waals surface area contributed by atoms with E-state index in [2.05, 4.69) is 5.11 Å². The van der Waals surface area contributed by atoms with Crippen LogP contribution in [0.25, 0.3) is 0 Å². The maximum atomic E-state index is 7.08. The maximum Gasteiger partial charge on any atom is 0.129 e. The number of benzene rings is 1. The maximum absolute atomic E-state index is 7.08. The van der Waals surface area contributed by atoms with Gasteiger partial charge in [0.15, 0.2) is 0 Å². The summed E-state index contributed by atoms with van der Waals surface area (Å²) in [5.74, 6) is 0.0496. The predicted molar refractivity (Wildman–Crippen MR) is 41.5 cm³/mol. The molecule has 5 N–H and O–H groups in total. The second kappa shape index (κ2) is 2.92. The first kappa shape index (κ1) is 7.40. The van der Waals surface area contributed by atoms with E-state index >= 15 is 0 Å². The number of nitrogens with two attached hydrogens (primary N) is 2. The highest BCUT2D eigenvalue weighted by Crippen LogP contribution is 2.10. The summed E-state index contributed by atoms with van der Waals surface area (Å²) in [5, 5.41) is 10.5. The van der Waals surface area contributed by atoms with Crippen LogP contribution in [0.4, 0.5) is 5.69 Å². The number of rotatable bonds is 2. The number of amidine groups is 1. The molecule has 0 saturated heterocycles. The molecule has 11 heavy (non-hydrogen) atoms. The van der Waals surface area contributed by atoms with Crippen LogP contribution in [0.15, 0.2) is 29.4 Å². The lowest BCUT2D eigenvalue weighted by Gasteiger charge is -1.95. The Morgan fingerprint density at radius 3 is 2.27 bits per heavy atom. The van der Waals surface area contributed by atoms with Crippen molar-refractivity contribution in [1.29, 1.82) is 5.41 Å². The number of hydrogen-bond acceptors (Lipinski definition) is 2. The van der Waals surface area contributed by atoms with Crippen molar-refractivity contribution in [3.05, 3.63) is 29.8 Å². The van der Waals surface area contributed by atoms with E-state index in [1.807, 2.05) is 0 Å². The van der Waals surface area contributed by atoms with Gasteiger partial charge in [-0.1, -0.05) is 0 Å². The Bertz CT molecular complexity index is 275. The Kier molecular flexibility index (Phi) is 1.96. The van der Waals surface area contributed by atoms with E-state index in [1.54, 1.807) is 24.3 Å². The Labute approximate surface area is 64.1 Å². The zero-order valence-corrected chi connectivity index (χ0v) is 5.91. The molecular formula is C7H9N4+. The minimum atomic E-state index is 0.0496. The molecule has 0 saturated carbocycles. The molecule has 0 bridgehead atoms. The number of hydrogen-bond donors (Lipinski definition) is 3. The molecule has 0 aliphatic carbocycles. The van der Waals surface area contributed by atoms with Gasteiger partial charge in [0.2, 0.25) is 0 Å². The second-order valence-corrected chi connectivity index (χ2v) is 2.09. The Morgan fingerprint density at radius 1 is 1.36 bits per heavy atom. The molecule has 4 nitrogen and oxygen atoms in total. The van der Waals surface area contributed by atoms with Crippen molar-refractivity contribution in [2.24, 2.45) is 10.8 Å². The van der Waals surface area contributed by atoms with Gasteiger partial charge in [-0.3, -0.25) is 5.41 Å². The summed E-state index contributed by atoms with van der Waals surface area (Å²) in [6, 6.07) is 6.82. The molecule has 0 fully saturated rings. The molecule has 1 aromatic rings. The second-order valence-electron chi connectivity index (χ2n) is 2.09. The third kappa shape index (κ3) is 1.61. The van der Waals surface area contributed by atoms with Gasteiger partial charge < -0.3 is 5.73 Å². The molecule has 1 rings (SSSR count). The van der Waals surface area contributed by atoms with Crippen LogP contribution in [0.1, 0.15) is 5.56 Å². The van der Waals surface area contributed by atoms with Gasteiger partial charge in [-0.25, -0.2) is 0 Å². The zero-order chi connectivity index (χ0) is 8.27. The average molecular weight is 149 g/mol. The molecule has 0 aliphatic rings. The molecule has 0 aromatic heterocycles. The molecule has 0 aliphatic heterocycles. The Hall–Kier alpha value is -1.71. The fraction of sp³-hybridized carbons (Fsp3) is 0. The standard InChI is InChI=1S/C7H8N4/c8-7(9)5-1-3-6(11-10)4-2-5/h1-4,10H,(H3,8,9)/p+1. The minimum Gasteiger partial charge on any atom is -0.384 e. The fourth-order valence-electron chi connectivity index (χ4n) is 0.727. The molecule has 4 heteroatoms. The fourth-order valence-corrected chi connectivity index (χ4v) is 0.727. The molecule has 0 radical (unpaired) electrons. The highest BCUT2D eigenvalue weighted by atomic mass is 15.0. The molecule has 56 valence electrons. The summed E-state index contributed by atoms with van der Waals surface area (Å²) in [4.78, 5) is 0. The highest BCUT2D eigenvalue weighted by molar-refractivity contribution is 5.95. The molecule has 0 atom stereocenters. The summed E-state index contributed by atoms with van der Waals surface area (Å²) in [5.41, 5.74) is 11.6. The van der Waals surface area contributed by atoms with Crippen LogP contribution >= 0.6 is 0 Å². The van der Waals surface area contributed by atoms with Crippen molar-refractivity contribution in [2.75, 3.05) is 0 Å². The first-order valence-electron chi connectivity index (χ1n) is 3.09. The largest absolute Gasteiger partial charge is 0.384 e. The van der Waals surface area contributed by atoms with Gasteiger partial charge in [0.1, 0.15) is 11.5 Å². The lowest BCUT2D eigenvalue weighted by molar-refractivity contribution is -0.210. The average Bonchev–Trinajstić information content (AvgIpc) is 2.05. The van der Waals surface area contributed by atoms with Gasteiger partial charge in [0.25, 0.3) is 0 Å².